The van der Waals surface area contributed by atoms with Crippen molar-refractivity contribution in [3.05, 3.63) is 51.8 Å². The molecule has 7 heteroatoms. The number of fused-ring (bicyclic) bond motifs is 5. The predicted molar refractivity (Wildman–Crippen MR) is 116 cm³/mol. The van der Waals surface area contributed by atoms with E-state index in [2.05, 4.69) is 16.9 Å². The van der Waals surface area contributed by atoms with E-state index in [1.807, 2.05) is 19.1 Å². The Bertz CT molecular complexity index is 872. The Morgan fingerprint density at radius 3 is 2.65 bits per heavy atom. The van der Waals surface area contributed by atoms with Gasteiger partial charge >= 0.3 is 0 Å². The summed E-state index contributed by atoms with van der Waals surface area (Å²) >= 11 is 0. The van der Waals surface area contributed by atoms with E-state index in [1.54, 1.807) is 19.1 Å². The van der Waals surface area contributed by atoms with E-state index in [9.17, 15) is 14.6 Å². The van der Waals surface area contributed by atoms with Crippen molar-refractivity contribution in [3.63, 3.8) is 0 Å². The molecule has 168 valence electrons. The number of carbonyl (C=O) groups is 1. The molecule has 2 fully saturated rings. The first-order chi connectivity index (χ1) is 14.7. The highest BCUT2D eigenvalue weighted by Gasteiger charge is 2.67. The second-order valence-electron chi connectivity index (χ2n) is 9.37. The minimum Gasteiger partial charge on any atom is -0.269 e. The van der Waals surface area contributed by atoms with Crippen LogP contribution in [-0.2, 0) is 11.2 Å². The van der Waals surface area contributed by atoms with Crippen molar-refractivity contribution >= 4 is 11.6 Å². The molecule has 0 N–H and O–H groups in total. The Balaban J connectivity index is 0.000000858. The highest BCUT2D eigenvalue weighted by atomic mass is 19.3. The number of alkyl halides is 2. The van der Waals surface area contributed by atoms with Gasteiger partial charge in [-0.2, -0.15) is 0 Å². The Morgan fingerprint density at radius 2 is 2.00 bits per heavy atom. The number of halogens is 2. The molecule has 3 aliphatic rings. The van der Waals surface area contributed by atoms with E-state index < -0.39 is 17.2 Å². The number of benzene rings is 1. The summed E-state index contributed by atoms with van der Waals surface area (Å²) in [6, 6.07) is 5.46. The number of allylic oxidation sites excluding steroid dienone is 1. The first-order valence-electron chi connectivity index (χ1n) is 11.0. The van der Waals surface area contributed by atoms with Crippen molar-refractivity contribution in [2.45, 2.75) is 70.6 Å². The maximum Gasteiger partial charge on any atom is 0.286 e. The lowest BCUT2D eigenvalue weighted by molar-refractivity contribution is -0.133. The second-order valence-corrected chi connectivity index (χ2v) is 9.37. The lowest BCUT2D eigenvalue weighted by atomic mass is 9.53. The number of nitroso groups, excluding NO2 is 2. The van der Waals surface area contributed by atoms with Crippen molar-refractivity contribution in [1.29, 1.82) is 0 Å². The van der Waals surface area contributed by atoms with Crippen molar-refractivity contribution in [1.82, 2.24) is 0 Å². The molecule has 0 saturated heterocycles. The molecule has 1 amide bonds. The van der Waals surface area contributed by atoms with Gasteiger partial charge in [0.2, 0.25) is 0 Å². The van der Waals surface area contributed by atoms with Crippen LogP contribution in [-0.4, -0.2) is 11.8 Å². The second kappa shape index (κ2) is 9.05. The summed E-state index contributed by atoms with van der Waals surface area (Å²) in [7, 11) is 0. The maximum absolute atomic E-state index is 15.1. The highest BCUT2D eigenvalue weighted by molar-refractivity contribution is 5.76. The van der Waals surface area contributed by atoms with Gasteiger partial charge in [0.05, 0.1) is 0 Å². The van der Waals surface area contributed by atoms with E-state index >= 15 is 8.78 Å². The summed E-state index contributed by atoms with van der Waals surface area (Å²) in [6.07, 6.45) is 4.46. The SMILES string of the molecule is C=CC.CC12CCC3c4ccc(N=O)cc4CCC3C1C(CCC(=O)N=O)CC2(F)F. The average Bonchev–Trinajstić information content (AvgIpc) is 2.97. The molecule has 0 aliphatic heterocycles. The molecule has 3 aliphatic carbocycles. The van der Waals surface area contributed by atoms with Gasteiger partial charge in [-0.05, 0) is 91.1 Å². The molecule has 31 heavy (non-hydrogen) atoms. The van der Waals surface area contributed by atoms with E-state index in [1.165, 1.54) is 0 Å². The van der Waals surface area contributed by atoms with Gasteiger partial charge in [0.15, 0.2) is 0 Å². The fraction of sp³-hybridized carbons (Fsp3) is 0.625. The standard InChI is InChI=1S/C21H24F2N2O3.C3H6/c1-20-9-8-16-15-6-4-14(24-27)10-12(15)2-5-17(16)19(20)13(11-21(20,22)23)3-7-18(26)25-28;1-3-2/h4,6,10,13,16-17,19H,2-3,5,7-9,11H2,1H3;3H,1H2,2H3. The van der Waals surface area contributed by atoms with Crippen LogP contribution in [0.25, 0.3) is 0 Å². The summed E-state index contributed by atoms with van der Waals surface area (Å²) in [6.45, 7) is 6.96. The van der Waals surface area contributed by atoms with Crippen LogP contribution in [0.3, 0.4) is 0 Å². The van der Waals surface area contributed by atoms with Crippen LogP contribution in [0.5, 0.6) is 0 Å². The molecule has 5 atom stereocenters. The third-order valence-corrected chi connectivity index (χ3v) is 7.76. The zero-order valence-corrected chi connectivity index (χ0v) is 18.2. The third kappa shape index (κ3) is 4.11. The zero-order chi connectivity index (χ0) is 22.8. The van der Waals surface area contributed by atoms with Crippen LogP contribution in [0, 0.1) is 33.0 Å². The van der Waals surface area contributed by atoms with Gasteiger partial charge in [0.25, 0.3) is 11.8 Å². The number of carbonyl (C=O) groups excluding carboxylic acids is 1. The topological polar surface area (TPSA) is 75.9 Å². The monoisotopic (exact) mass is 432 g/mol. The molecule has 0 spiro atoms. The van der Waals surface area contributed by atoms with Crippen LogP contribution >= 0.6 is 0 Å². The lowest BCUT2D eigenvalue weighted by Crippen LogP contribution is -2.47. The third-order valence-electron chi connectivity index (χ3n) is 7.76. The summed E-state index contributed by atoms with van der Waals surface area (Å²) in [4.78, 5) is 32.6. The van der Waals surface area contributed by atoms with Crippen LogP contribution in [0.2, 0.25) is 0 Å². The van der Waals surface area contributed by atoms with Gasteiger partial charge in [0, 0.05) is 23.4 Å². The van der Waals surface area contributed by atoms with Gasteiger partial charge in [-0.3, -0.25) is 4.79 Å². The van der Waals surface area contributed by atoms with Crippen LogP contribution in [0.4, 0.5) is 14.5 Å². The molecule has 1 aromatic carbocycles. The molecule has 0 bridgehead atoms. The number of hydrogen-bond acceptors (Lipinski definition) is 4. The normalized spacial score (nSPS) is 32.4. The molecule has 2 saturated carbocycles. The van der Waals surface area contributed by atoms with E-state index in [0.29, 0.717) is 24.9 Å². The highest BCUT2D eigenvalue weighted by Crippen LogP contribution is 2.68. The van der Waals surface area contributed by atoms with Gasteiger partial charge in [-0.1, -0.05) is 19.1 Å². The first kappa shape index (κ1) is 23.4. The Labute approximate surface area is 181 Å². The van der Waals surface area contributed by atoms with Gasteiger partial charge in [0.1, 0.15) is 5.69 Å². The lowest BCUT2D eigenvalue weighted by Gasteiger charge is -2.51. The fourth-order valence-corrected chi connectivity index (χ4v) is 6.50. The van der Waals surface area contributed by atoms with Crippen molar-refractivity contribution in [2.75, 3.05) is 0 Å². The number of rotatable bonds is 4. The smallest absolute Gasteiger partial charge is 0.269 e. The number of amides is 1. The first-order valence-corrected chi connectivity index (χ1v) is 11.0. The molecule has 1 aromatic rings. The van der Waals surface area contributed by atoms with Crippen molar-refractivity contribution < 1.29 is 13.6 Å². The summed E-state index contributed by atoms with van der Waals surface area (Å²) in [5, 5.41) is 5.44. The molecule has 0 radical (unpaired) electrons. The summed E-state index contributed by atoms with van der Waals surface area (Å²) < 4.78 is 30.1. The molecular weight excluding hydrogens is 402 g/mol. The predicted octanol–water partition coefficient (Wildman–Crippen LogP) is 7.07. The Hall–Kier alpha value is -2.31. The quantitative estimate of drug-likeness (QED) is 0.377. The van der Waals surface area contributed by atoms with Gasteiger partial charge in [-0.25, -0.2) is 8.78 Å². The number of nitrogens with zero attached hydrogens (tertiary/aromatic N) is 2. The molecule has 4 rings (SSSR count). The van der Waals surface area contributed by atoms with Gasteiger partial charge < -0.3 is 0 Å². The number of aryl methyl sites for hydroxylation is 1. The minimum absolute atomic E-state index is 0.0564. The zero-order valence-electron chi connectivity index (χ0n) is 18.2. The molecule has 5 unspecified atom stereocenters. The van der Waals surface area contributed by atoms with E-state index in [0.717, 1.165) is 24.0 Å². The Morgan fingerprint density at radius 1 is 1.29 bits per heavy atom. The van der Waals surface area contributed by atoms with E-state index in [-0.39, 0.29) is 36.5 Å². The van der Waals surface area contributed by atoms with Crippen LogP contribution in [0.15, 0.2) is 41.2 Å². The molecular formula is C24H30F2N2O3. The summed E-state index contributed by atoms with van der Waals surface area (Å²) in [5.74, 6) is -3.67. The van der Waals surface area contributed by atoms with Crippen molar-refractivity contribution in [2.24, 2.45) is 33.5 Å². The minimum atomic E-state index is -2.77. The number of hydrogen-bond donors (Lipinski definition) is 0. The molecule has 0 aromatic heterocycles. The maximum atomic E-state index is 15.1. The Kier molecular flexibility index (Phi) is 6.82. The molecule has 5 nitrogen and oxygen atoms in total. The van der Waals surface area contributed by atoms with Gasteiger partial charge in [-0.15, -0.1) is 16.4 Å². The largest absolute Gasteiger partial charge is 0.286 e. The van der Waals surface area contributed by atoms with E-state index in [4.69, 9.17) is 0 Å². The average molecular weight is 433 g/mol. The summed E-state index contributed by atoms with van der Waals surface area (Å²) in [5.41, 5.74) is 1.59. The fourth-order valence-electron chi connectivity index (χ4n) is 6.50. The van der Waals surface area contributed by atoms with Crippen LogP contribution < -0.4 is 0 Å². The van der Waals surface area contributed by atoms with Crippen molar-refractivity contribution in [3.8, 4) is 0 Å². The molecule has 0 heterocycles. The van der Waals surface area contributed by atoms with Crippen LogP contribution in [0.1, 0.15) is 69.4 Å².